The van der Waals surface area contributed by atoms with Gasteiger partial charge in [0.2, 0.25) is 11.8 Å². The topological polar surface area (TPSA) is 72.9 Å². The predicted octanol–water partition coefficient (Wildman–Crippen LogP) is 3.52. The summed E-state index contributed by atoms with van der Waals surface area (Å²) < 4.78 is 10.9. The lowest BCUT2D eigenvalue weighted by Crippen LogP contribution is -2.40. The van der Waals surface area contributed by atoms with E-state index in [9.17, 15) is 14.4 Å². The molecule has 170 valence electrons. The fraction of sp³-hybridized carbons (Fsp3) is 0.321. The summed E-state index contributed by atoms with van der Waals surface area (Å²) in [6.07, 6.45) is 10.6. The molecule has 2 aromatic rings. The Bertz CT molecular complexity index is 1200. The van der Waals surface area contributed by atoms with Gasteiger partial charge in [0.15, 0.2) is 12.4 Å². The Balaban J connectivity index is 1.10. The van der Waals surface area contributed by atoms with E-state index in [1.807, 2.05) is 0 Å². The van der Waals surface area contributed by atoms with Crippen LogP contribution in [0.3, 0.4) is 0 Å². The predicted molar refractivity (Wildman–Crippen MR) is 124 cm³/mol. The maximum absolute atomic E-state index is 13.2. The quantitative estimate of drug-likeness (QED) is 0.278. The molecular weight excluding hydrogens is 430 g/mol. The van der Waals surface area contributed by atoms with Crippen LogP contribution in [0.5, 0.6) is 11.5 Å². The largest absolute Gasteiger partial charge is 0.485 e. The molecule has 3 fully saturated rings. The van der Waals surface area contributed by atoms with Crippen LogP contribution in [-0.4, -0.2) is 30.8 Å². The van der Waals surface area contributed by atoms with Crippen molar-refractivity contribution in [1.29, 1.82) is 0 Å². The molecule has 4 aliphatic carbocycles. The molecule has 2 aromatic carbocycles. The summed E-state index contributed by atoms with van der Waals surface area (Å²) in [6, 6.07) is 13.5. The van der Waals surface area contributed by atoms with Crippen LogP contribution < -0.4 is 14.4 Å². The second-order valence-corrected chi connectivity index (χ2v) is 9.39. The molecule has 2 bridgehead atoms. The van der Waals surface area contributed by atoms with E-state index in [0.29, 0.717) is 34.6 Å². The minimum atomic E-state index is -0.219. The van der Waals surface area contributed by atoms with Gasteiger partial charge in [0.25, 0.3) is 0 Å². The second-order valence-electron chi connectivity index (χ2n) is 9.39. The minimum absolute atomic E-state index is 0.0850. The van der Waals surface area contributed by atoms with Crippen molar-refractivity contribution in [2.45, 2.75) is 6.42 Å². The number of nitrogens with zero attached hydrogens (tertiary/aromatic N) is 1. The average molecular weight is 453 g/mol. The highest BCUT2D eigenvalue weighted by Crippen LogP contribution is 2.65. The molecule has 4 unspecified atom stereocenters. The molecule has 2 saturated carbocycles. The third-order valence-electron chi connectivity index (χ3n) is 7.63. The number of Topliss-reactive ketones (excluding diaryl/α,β-unsaturated/α-hetero) is 1. The molecule has 6 nitrogen and oxygen atoms in total. The van der Waals surface area contributed by atoms with E-state index >= 15 is 0 Å². The van der Waals surface area contributed by atoms with Gasteiger partial charge in [-0.15, -0.1) is 6.42 Å². The van der Waals surface area contributed by atoms with E-state index in [1.165, 1.54) is 4.90 Å². The Morgan fingerprint density at radius 3 is 2.03 bits per heavy atom. The maximum atomic E-state index is 13.2. The van der Waals surface area contributed by atoms with Crippen molar-refractivity contribution in [1.82, 2.24) is 0 Å². The normalized spacial score (nSPS) is 29.9. The van der Waals surface area contributed by atoms with Gasteiger partial charge in [-0.3, -0.25) is 19.3 Å². The molecule has 0 radical (unpaired) electrons. The number of terminal acetylenes is 1. The highest BCUT2D eigenvalue weighted by atomic mass is 16.5. The van der Waals surface area contributed by atoms with Crippen LogP contribution in [0.4, 0.5) is 5.69 Å². The SMILES string of the molecule is C#CCOc1ccc(C(=O)COc2ccc(N3C(=O)C4C(C3=O)C3C=CC4[C@H]4C[C@@H]34)cc2)cc1. The zero-order chi connectivity index (χ0) is 23.4. The molecule has 7 rings (SSSR count). The third-order valence-corrected chi connectivity index (χ3v) is 7.63. The maximum Gasteiger partial charge on any atom is 0.238 e. The number of ether oxygens (including phenoxy) is 2. The summed E-state index contributed by atoms with van der Waals surface area (Å²) in [4.78, 5) is 40.2. The fourth-order valence-corrected chi connectivity index (χ4v) is 6.00. The summed E-state index contributed by atoms with van der Waals surface area (Å²) in [5, 5.41) is 0. The number of carbonyl (C=O) groups excluding carboxylic acids is 3. The van der Waals surface area contributed by atoms with Crippen molar-refractivity contribution in [2.75, 3.05) is 18.1 Å². The average Bonchev–Trinajstić information content (AvgIpc) is 3.65. The second kappa shape index (κ2) is 7.88. The molecule has 6 atom stereocenters. The minimum Gasteiger partial charge on any atom is -0.485 e. The lowest BCUT2D eigenvalue weighted by Gasteiger charge is -2.37. The van der Waals surface area contributed by atoms with Crippen molar-refractivity contribution in [2.24, 2.45) is 35.5 Å². The summed E-state index contributed by atoms with van der Waals surface area (Å²) >= 11 is 0. The van der Waals surface area contributed by atoms with Crippen LogP contribution in [0.1, 0.15) is 16.8 Å². The zero-order valence-electron chi connectivity index (χ0n) is 18.4. The number of allylic oxidation sites excluding steroid dienone is 2. The first-order valence-corrected chi connectivity index (χ1v) is 11.6. The van der Waals surface area contributed by atoms with Crippen molar-refractivity contribution < 1.29 is 23.9 Å². The van der Waals surface area contributed by atoms with Crippen LogP contribution in [0.2, 0.25) is 0 Å². The zero-order valence-corrected chi connectivity index (χ0v) is 18.4. The van der Waals surface area contributed by atoms with Crippen molar-refractivity contribution >= 4 is 23.3 Å². The summed E-state index contributed by atoms with van der Waals surface area (Å²) in [6.45, 7) is 0.0366. The number of benzene rings is 2. The van der Waals surface area contributed by atoms with Gasteiger partial charge in [-0.2, -0.15) is 0 Å². The number of imide groups is 1. The van der Waals surface area contributed by atoms with E-state index in [4.69, 9.17) is 15.9 Å². The van der Waals surface area contributed by atoms with Crippen LogP contribution in [-0.2, 0) is 9.59 Å². The van der Waals surface area contributed by atoms with E-state index in [0.717, 1.165) is 6.42 Å². The molecule has 5 aliphatic rings. The van der Waals surface area contributed by atoms with Gasteiger partial charge in [-0.1, -0.05) is 18.1 Å². The third kappa shape index (κ3) is 3.23. The highest BCUT2D eigenvalue weighted by molar-refractivity contribution is 6.22. The number of rotatable bonds is 7. The van der Waals surface area contributed by atoms with Crippen LogP contribution in [0, 0.1) is 47.9 Å². The molecule has 1 saturated heterocycles. The number of hydrogen-bond acceptors (Lipinski definition) is 5. The lowest BCUT2D eigenvalue weighted by atomic mass is 9.63. The Kier molecular flexibility index (Phi) is 4.80. The standard InChI is InChI=1S/C28H23NO5/c1-2-13-33-18-7-3-16(4-8-18)24(30)15-34-19-9-5-17(6-10-19)29-27(31)25-20-11-12-21(23-14-22(20)23)26(25)28(29)32/h1,3-12,20-23,25-26H,13-15H2/t20?,21?,22-,23+,25?,26?. The van der Waals surface area contributed by atoms with E-state index in [2.05, 4.69) is 18.1 Å². The summed E-state index contributed by atoms with van der Waals surface area (Å²) in [7, 11) is 0. The number of carbonyl (C=O) groups is 3. The summed E-state index contributed by atoms with van der Waals surface area (Å²) in [5.74, 6) is 4.25. The Morgan fingerprint density at radius 1 is 0.882 bits per heavy atom. The van der Waals surface area contributed by atoms with Crippen molar-refractivity contribution in [3.8, 4) is 23.8 Å². The first kappa shape index (κ1) is 20.7. The number of amides is 2. The van der Waals surface area contributed by atoms with Gasteiger partial charge in [0.1, 0.15) is 18.1 Å². The molecule has 0 aromatic heterocycles. The number of hydrogen-bond donors (Lipinski definition) is 0. The molecule has 34 heavy (non-hydrogen) atoms. The van der Waals surface area contributed by atoms with Crippen LogP contribution >= 0.6 is 0 Å². The van der Waals surface area contributed by atoms with Gasteiger partial charge in [0, 0.05) is 5.56 Å². The molecule has 0 N–H and O–H groups in total. The van der Waals surface area contributed by atoms with E-state index in [1.54, 1.807) is 48.5 Å². The summed E-state index contributed by atoms with van der Waals surface area (Å²) in [5.41, 5.74) is 1.06. The van der Waals surface area contributed by atoms with Gasteiger partial charge in [0.05, 0.1) is 17.5 Å². The van der Waals surface area contributed by atoms with Gasteiger partial charge < -0.3 is 9.47 Å². The van der Waals surface area contributed by atoms with Gasteiger partial charge >= 0.3 is 0 Å². The van der Waals surface area contributed by atoms with Crippen LogP contribution in [0.25, 0.3) is 0 Å². The highest BCUT2D eigenvalue weighted by Gasteiger charge is 2.67. The van der Waals surface area contributed by atoms with Crippen molar-refractivity contribution in [3.05, 3.63) is 66.2 Å². The number of anilines is 1. The molecule has 1 heterocycles. The molecule has 1 aliphatic heterocycles. The Hall–Kier alpha value is -3.85. The smallest absolute Gasteiger partial charge is 0.238 e. The molecule has 2 amide bonds. The molecule has 0 spiro atoms. The first-order chi connectivity index (χ1) is 16.6. The van der Waals surface area contributed by atoms with E-state index in [-0.39, 0.29) is 54.5 Å². The first-order valence-electron chi connectivity index (χ1n) is 11.6. The molecule has 6 heteroatoms. The fourth-order valence-electron chi connectivity index (χ4n) is 6.00. The van der Waals surface area contributed by atoms with E-state index < -0.39 is 0 Å². The lowest BCUT2D eigenvalue weighted by molar-refractivity contribution is -0.124. The Labute approximate surface area is 197 Å². The van der Waals surface area contributed by atoms with Crippen LogP contribution in [0.15, 0.2) is 60.7 Å². The van der Waals surface area contributed by atoms with Gasteiger partial charge in [-0.05, 0) is 78.6 Å². The Morgan fingerprint density at radius 2 is 1.44 bits per heavy atom. The monoisotopic (exact) mass is 453 g/mol. The molecular formula is C28H23NO5. The number of ketones is 1. The van der Waals surface area contributed by atoms with Gasteiger partial charge in [-0.25, -0.2) is 0 Å². The van der Waals surface area contributed by atoms with Crippen molar-refractivity contribution in [3.63, 3.8) is 0 Å².